The van der Waals surface area contributed by atoms with Gasteiger partial charge in [-0.05, 0) is 29.6 Å². The second-order valence-corrected chi connectivity index (χ2v) is 10.9. The van der Waals surface area contributed by atoms with Crippen molar-refractivity contribution in [3.8, 4) is 51.5 Å². The van der Waals surface area contributed by atoms with Crippen molar-refractivity contribution in [1.29, 1.82) is 0 Å². The van der Waals surface area contributed by atoms with Gasteiger partial charge in [0, 0.05) is 47.8 Å². The Hall–Kier alpha value is -4.96. The van der Waals surface area contributed by atoms with Gasteiger partial charge in [-0.15, -0.1) is 70.8 Å². The van der Waals surface area contributed by atoms with Crippen LogP contribution < -0.4 is 9.47 Å². The number of hydrogen-bond donors (Lipinski definition) is 0. The van der Waals surface area contributed by atoms with Gasteiger partial charge in [-0.2, -0.15) is 22.9 Å². The van der Waals surface area contributed by atoms with Crippen LogP contribution in [0.15, 0.2) is 116 Å². The number of fused-ring (bicyclic) bond motifs is 3. The van der Waals surface area contributed by atoms with E-state index in [1.54, 1.807) is 30.9 Å². The first-order valence-corrected chi connectivity index (χ1v) is 15.1. The summed E-state index contributed by atoms with van der Waals surface area (Å²) in [5.74, 6) is 2.65. The Balaban J connectivity index is 0.00000208. The van der Waals surface area contributed by atoms with Crippen LogP contribution in [0.3, 0.4) is 0 Å². The summed E-state index contributed by atoms with van der Waals surface area (Å²) in [6.45, 7) is 4.07. The first-order chi connectivity index (χ1) is 23.1. The Kier molecular flexibility index (Phi) is 10.1. The zero-order valence-corrected chi connectivity index (χ0v) is 30.7. The van der Waals surface area contributed by atoms with Gasteiger partial charge in [-0.25, -0.2) is 9.97 Å². The monoisotopic (exact) mass is 997 g/mol. The second-order valence-electron chi connectivity index (χ2n) is 10.9. The fraction of sp³-hybridized carbons (Fsp3) is 0.0500. The van der Waals surface area contributed by atoms with Gasteiger partial charge in [0.25, 0.3) is 0 Å². The molecule has 0 spiro atoms. The number of benzene rings is 4. The standard InChI is InChI=1S/C40H25N5O2.2Pt/c1-26-10-12-28(22-34(26)36-8-3-5-18-41-36)46-30-14-16-32-33-17-15-31(25-39(33)45(38(32)24-30)40-43-20-7-21-44-40)47-29-13-11-27(2)35(23-29)37-9-4-6-19-42-37;;/h3-21H,1-2H3;;/q-4;2*+2. The summed E-state index contributed by atoms with van der Waals surface area (Å²) in [5.41, 5.74) is 7.04. The van der Waals surface area contributed by atoms with E-state index in [2.05, 4.69) is 44.2 Å². The fourth-order valence-corrected chi connectivity index (χ4v) is 5.56. The molecule has 0 saturated carbocycles. The molecule has 0 aliphatic carbocycles. The maximum atomic E-state index is 6.31. The van der Waals surface area contributed by atoms with E-state index in [9.17, 15) is 0 Å². The van der Waals surface area contributed by atoms with Gasteiger partial charge in [-0.1, -0.05) is 61.3 Å². The van der Waals surface area contributed by atoms with Crippen LogP contribution in [-0.4, -0.2) is 24.5 Å². The summed E-state index contributed by atoms with van der Waals surface area (Å²) in [6, 6.07) is 42.7. The molecular formula is C40H25N5O2Pt2. The van der Waals surface area contributed by atoms with E-state index in [1.165, 1.54) is 0 Å². The van der Waals surface area contributed by atoms with Gasteiger partial charge in [-0.3, -0.25) is 0 Å². The van der Waals surface area contributed by atoms with E-state index in [0.29, 0.717) is 28.9 Å². The number of aryl methyl sites for hydroxylation is 2. The van der Waals surface area contributed by atoms with Crippen molar-refractivity contribution in [1.82, 2.24) is 24.5 Å². The fourth-order valence-electron chi connectivity index (χ4n) is 5.56. The number of pyridine rings is 2. The van der Waals surface area contributed by atoms with Crippen LogP contribution in [0.25, 0.3) is 50.3 Å². The smallest absolute Gasteiger partial charge is 0.503 e. The molecule has 0 unspecified atom stereocenters. The summed E-state index contributed by atoms with van der Waals surface area (Å²) in [7, 11) is 0. The van der Waals surface area contributed by atoms with Crippen LogP contribution in [0, 0.1) is 38.1 Å². The van der Waals surface area contributed by atoms with Crippen molar-refractivity contribution < 1.29 is 51.6 Å². The van der Waals surface area contributed by atoms with E-state index in [-0.39, 0.29) is 42.1 Å². The molecule has 8 aromatic rings. The minimum Gasteiger partial charge on any atom is -0.503 e. The molecule has 0 atom stereocenters. The molecule has 4 aromatic carbocycles. The molecule has 0 fully saturated rings. The van der Waals surface area contributed by atoms with Gasteiger partial charge in [0.15, 0.2) is 0 Å². The minimum atomic E-state index is 0. The maximum Gasteiger partial charge on any atom is 2.00 e. The molecule has 8 rings (SSSR count). The van der Waals surface area contributed by atoms with Gasteiger partial charge >= 0.3 is 42.1 Å². The van der Waals surface area contributed by atoms with Gasteiger partial charge in [0.05, 0.1) is 0 Å². The molecule has 0 N–H and O–H groups in total. The van der Waals surface area contributed by atoms with Gasteiger partial charge in [0.1, 0.15) is 0 Å². The minimum absolute atomic E-state index is 0. The normalized spacial score (nSPS) is 10.7. The molecule has 4 heterocycles. The Bertz CT molecular complexity index is 2240. The van der Waals surface area contributed by atoms with E-state index in [0.717, 1.165) is 55.4 Å². The van der Waals surface area contributed by atoms with Crippen molar-refractivity contribution in [2.75, 3.05) is 0 Å². The Morgan fingerprint density at radius 3 is 1.35 bits per heavy atom. The quantitative estimate of drug-likeness (QED) is 0.149. The van der Waals surface area contributed by atoms with Crippen LogP contribution in [-0.2, 0) is 42.1 Å². The van der Waals surface area contributed by atoms with Crippen LogP contribution in [0.4, 0.5) is 0 Å². The average Bonchev–Trinajstić information content (AvgIpc) is 3.44. The van der Waals surface area contributed by atoms with Crippen molar-refractivity contribution in [2.24, 2.45) is 0 Å². The predicted molar refractivity (Wildman–Crippen MR) is 181 cm³/mol. The third-order valence-electron chi connectivity index (χ3n) is 7.82. The van der Waals surface area contributed by atoms with Crippen molar-refractivity contribution in [2.45, 2.75) is 13.8 Å². The molecular weight excluding hydrogens is 973 g/mol. The molecule has 0 aliphatic heterocycles. The molecule has 242 valence electrons. The molecule has 4 aromatic heterocycles. The summed E-state index contributed by atoms with van der Waals surface area (Å²) in [4.78, 5) is 18.1. The Morgan fingerprint density at radius 2 is 0.898 bits per heavy atom. The summed E-state index contributed by atoms with van der Waals surface area (Å²) in [6.07, 6.45) is 6.96. The number of hydrogen-bond acceptors (Lipinski definition) is 6. The van der Waals surface area contributed by atoms with Crippen LogP contribution >= 0.6 is 0 Å². The molecule has 0 saturated heterocycles. The van der Waals surface area contributed by atoms with Crippen molar-refractivity contribution >= 4 is 21.8 Å². The molecule has 0 radical (unpaired) electrons. The molecule has 7 nitrogen and oxygen atoms in total. The Morgan fingerprint density at radius 1 is 0.469 bits per heavy atom. The van der Waals surface area contributed by atoms with Crippen molar-refractivity contribution in [3.05, 3.63) is 151 Å². The number of aromatic nitrogens is 5. The molecule has 9 heteroatoms. The topological polar surface area (TPSA) is 75.0 Å². The number of nitrogens with zero attached hydrogens (tertiary/aromatic N) is 5. The van der Waals surface area contributed by atoms with Crippen LogP contribution in [0.2, 0.25) is 0 Å². The van der Waals surface area contributed by atoms with E-state index in [1.807, 2.05) is 103 Å². The maximum absolute atomic E-state index is 6.31. The zero-order chi connectivity index (χ0) is 31.7. The van der Waals surface area contributed by atoms with Crippen molar-refractivity contribution in [3.63, 3.8) is 0 Å². The SMILES string of the molecule is Cc1ccc(Oc2[c-]c3c(cc2)c2ccc(Oc4[c-]c(-c5ccccn5)c(C)cc4)[c-]c2n3-c2ncccn2)[c-]c1-c1ccccn1.[Pt+2].[Pt+2]. The number of ether oxygens (including phenoxy) is 2. The average molecular weight is 998 g/mol. The molecule has 0 bridgehead atoms. The molecule has 0 aliphatic rings. The Labute approximate surface area is 312 Å². The van der Waals surface area contributed by atoms with Crippen LogP contribution in [0.1, 0.15) is 11.1 Å². The van der Waals surface area contributed by atoms with E-state index < -0.39 is 0 Å². The summed E-state index contributed by atoms with van der Waals surface area (Å²) < 4.78 is 14.5. The molecule has 49 heavy (non-hydrogen) atoms. The third-order valence-corrected chi connectivity index (χ3v) is 7.82. The molecule has 0 amide bonds. The number of rotatable bonds is 7. The summed E-state index contributed by atoms with van der Waals surface area (Å²) >= 11 is 0. The summed E-state index contributed by atoms with van der Waals surface area (Å²) in [5, 5.41) is 1.90. The van der Waals surface area contributed by atoms with Crippen LogP contribution in [0.5, 0.6) is 23.0 Å². The third kappa shape index (κ3) is 6.83. The zero-order valence-electron chi connectivity index (χ0n) is 26.2. The van der Waals surface area contributed by atoms with E-state index >= 15 is 0 Å². The second kappa shape index (κ2) is 14.7. The first kappa shape index (κ1) is 33.9. The van der Waals surface area contributed by atoms with Gasteiger partial charge < -0.3 is 24.0 Å². The largest absolute Gasteiger partial charge is 2.00 e. The first-order valence-electron chi connectivity index (χ1n) is 15.1. The predicted octanol–water partition coefficient (Wildman–Crippen LogP) is 9.09. The van der Waals surface area contributed by atoms with E-state index in [4.69, 9.17) is 9.47 Å². The van der Waals surface area contributed by atoms with Gasteiger partial charge in [0.2, 0.25) is 5.95 Å².